The zero-order valence-corrected chi connectivity index (χ0v) is 28.1. The van der Waals surface area contributed by atoms with E-state index in [4.69, 9.17) is 67.5 Å². The normalized spacial score (nSPS) is 11.5. The monoisotopic (exact) mass is 729 g/mol. The summed E-state index contributed by atoms with van der Waals surface area (Å²) in [6.07, 6.45) is 0.0383. The quantitative estimate of drug-likeness (QED) is 0.118. The van der Waals surface area contributed by atoms with Gasteiger partial charge in [-0.2, -0.15) is 0 Å². The number of methoxy groups -OCH3 is 1. The van der Waals surface area contributed by atoms with Crippen LogP contribution in [0.3, 0.4) is 0 Å². The Bertz CT molecular complexity index is 2040. The van der Waals surface area contributed by atoms with Crippen LogP contribution in [0.1, 0.15) is 11.4 Å². The van der Waals surface area contributed by atoms with Gasteiger partial charge in [0.15, 0.2) is 5.75 Å². The number of benzene rings is 4. The minimum Gasteiger partial charge on any atom is -0.469 e. The molecule has 4 aromatic carbocycles. The Morgan fingerprint density at radius 1 is 0.886 bits per heavy atom. The average Bonchev–Trinajstić information content (AvgIpc) is 3.31. The van der Waals surface area contributed by atoms with Gasteiger partial charge in [0.1, 0.15) is 27.7 Å². The van der Waals surface area contributed by atoms with E-state index in [1.54, 1.807) is 55.5 Å². The summed E-state index contributed by atoms with van der Waals surface area (Å²) in [5.41, 5.74) is 1.51. The van der Waals surface area contributed by atoms with E-state index in [0.29, 0.717) is 31.2 Å². The zero-order valence-electron chi connectivity index (χ0n) is 22.7. The van der Waals surface area contributed by atoms with Crippen molar-refractivity contribution in [1.29, 1.82) is 0 Å². The molecule has 15 heteroatoms. The average molecular weight is 732 g/mol. The van der Waals surface area contributed by atoms with Crippen molar-refractivity contribution in [3.63, 3.8) is 0 Å². The maximum atomic E-state index is 13.8. The standard InChI is InChI=1S/C29H20Cl5N3O5S2/c1-15-35-28-22(37(15)44(39,40)26-10-5-18(31)14-21(26)34)6-8-24(29(28)36-43-25-9-4-17(30)13-20(25)33)42-23-7-3-16(11-19(23)32)12-27(38)41-2/h3-11,13-14,36H,12H2,1-2H3. The van der Waals surface area contributed by atoms with Crippen LogP contribution in [-0.2, 0) is 26.0 Å². The molecule has 228 valence electrons. The van der Waals surface area contributed by atoms with Gasteiger partial charge in [0, 0.05) is 14.9 Å². The van der Waals surface area contributed by atoms with Gasteiger partial charge >= 0.3 is 5.97 Å². The molecule has 5 aromatic rings. The number of aryl methyl sites for hydroxylation is 1. The highest BCUT2D eigenvalue weighted by Crippen LogP contribution is 2.42. The number of imidazole rings is 1. The molecule has 1 aromatic heterocycles. The van der Waals surface area contributed by atoms with E-state index in [2.05, 4.69) is 9.71 Å². The maximum Gasteiger partial charge on any atom is 0.309 e. The van der Waals surface area contributed by atoms with Crippen LogP contribution in [0.4, 0.5) is 5.69 Å². The SMILES string of the molecule is COC(=O)Cc1ccc(Oc2ccc3c(nc(C)n3S(=O)(=O)c3ccc(Cl)cc3Cl)c2NSc2ccc(Cl)cc2Cl)c(Cl)c1. The van der Waals surface area contributed by atoms with Crippen LogP contribution < -0.4 is 9.46 Å². The predicted molar refractivity (Wildman–Crippen MR) is 177 cm³/mol. The number of hydrogen-bond acceptors (Lipinski definition) is 8. The molecule has 0 fully saturated rings. The second kappa shape index (κ2) is 13.3. The largest absolute Gasteiger partial charge is 0.469 e. The minimum atomic E-state index is -4.20. The van der Waals surface area contributed by atoms with Crippen molar-refractivity contribution in [3.8, 4) is 11.5 Å². The first-order valence-electron chi connectivity index (χ1n) is 12.5. The molecule has 0 aliphatic rings. The summed E-state index contributed by atoms with van der Waals surface area (Å²) < 4.78 is 42.9. The Kier molecular flexibility index (Phi) is 9.81. The number of nitrogens with zero attached hydrogens (tertiary/aromatic N) is 2. The van der Waals surface area contributed by atoms with Gasteiger partial charge in [-0.05, 0) is 85.1 Å². The van der Waals surface area contributed by atoms with Crippen molar-refractivity contribution < 1.29 is 22.7 Å². The third-order valence-electron chi connectivity index (χ3n) is 6.27. The topological polar surface area (TPSA) is 99.5 Å². The molecule has 0 aliphatic carbocycles. The summed E-state index contributed by atoms with van der Waals surface area (Å²) in [7, 11) is -2.89. The summed E-state index contributed by atoms with van der Waals surface area (Å²) in [5.74, 6) is 0.328. The van der Waals surface area contributed by atoms with Crippen LogP contribution in [0.5, 0.6) is 11.5 Å². The van der Waals surface area contributed by atoms with Crippen LogP contribution >= 0.6 is 70.0 Å². The van der Waals surface area contributed by atoms with Crippen LogP contribution in [0.2, 0.25) is 25.1 Å². The van der Waals surface area contributed by atoms with Gasteiger partial charge in [-0.3, -0.25) is 4.79 Å². The molecule has 0 amide bonds. The van der Waals surface area contributed by atoms with Gasteiger partial charge in [0.2, 0.25) is 0 Å². The van der Waals surface area contributed by atoms with Crippen molar-refractivity contribution in [3.05, 3.63) is 103 Å². The molecule has 0 saturated carbocycles. The summed E-state index contributed by atoms with van der Waals surface area (Å²) in [4.78, 5) is 16.8. The number of esters is 1. The smallest absolute Gasteiger partial charge is 0.309 e. The highest BCUT2D eigenvalue weighted by Gasteiger charge is 2.27. The molecule has 5 rings (SSSR count). The Labute approximate surface area is 282 Å². The molecule has 0 unspecified atom stereocenters. The van der Waals surface area contributed by atoms with Gasteiger partial charge in [0.05, 0.1) is 34.1 Å². The number of carbonyl (C=O) groups is 1. The molecule has 0 saturated heterocycles. The second-order valence-electron chi connectivity index (χ2n) is 9.21. The predicted octanol–water partition coefficient (Wildman–Crippen LogP) is 9.48. The summed E-state index contributed by atoms with van der Waals surface area (Å²) in [6.45, 7) is 1.56. The number of halogens is 5. The van der Waals surface area contributed by atoms with E-state index in [0.717, 1.165) is 15.9 Å². The molecule has 0 spiro atoms. The molecule has 1 heterocycles. The maximum absolute atomic E-state index is 13.8. The van der Waals surface area contributed by atoms with Gasteiger partial charge in [-0.1, -0.05) is 64.1 Å². The number of nitrogens with one attached hydrogen (secondary N) is 1. The van der Waals surface area contributed by atoms with Gasteiger partial charge in [0.25, 0.3) is 10.0 Å². The fraction of sp³-hybridized carbons (Fsp3) is 0.103. The van der Waals surface area contributed by atoms with Crippen molar-refractivity contribution in [2.24, 2.45) is 0 Å². The lowest BCUT2D eigenvalue weighted by Gasteiger charge is -2.16. The Morgan fingerprint density at radius 2 is 1.57 bits per heavy atom. The molecule has 44 heavy (non-hydrogen) atoms. The molecule has 8 nitrogen and oxygen atoms in total. The Hall–Kier alpha value is -2.83. The first-order chi connectivity index (χ1) is 20.9. The van der Waals surface area contributed by atoms with Crippen molar-refractivity contribution >= 4 is 103 Å². The van der Waals surface area contributed by atoms with E-state index in [1.807, 2.05) is 0 Å². The fourth-order valence-corrected chi connectivity index (χ4v) is 7.95. The Balaban J connectivity index is 1.62. The highest BCUT2D eigenvalue weighted by atomic mass is 35.5. The second-order valence-corrected chi connectivity index (χ2v) is 13.9. The molecule has 0 radical (unpaired) electrons. The number of fused-ring (bicyclic) bond motifs is 1. The third-order valence-corrected chi connectivity index (χ3v) is 10.6. The number of anilines is 1. The Morgan fingerprint density at radius 3 is 2.23 bits per heavy atom. The zero-order chi connectivity index (χ0) is 31.8. The van der Waals surface area contributed by atoms with E-state index in [1.165, 1.54) is 25.3 Å². The van der Waals surface area contributed by atoms with E-state index in [-0.39, 0.29) is 49.7 Å². The lowest BCUT2D eigenvalue weighted by atomic mass is 10.1. The van der Waals surface area contributed by atoms with Gasteiger partial charge < -0.3 is 14.2 Å². The molecular weight excluding hydrogens is 712 g/mol. The van der Waals surface area contributed by atoms with Crippen molar-refractivity contribution in [2.75, 3.05) is 11.8 Å². The fourth-order valence-electron chi connectivity index (χ4n) is 4.25. The van der Waals surface area contributed by atoms with Crippen LogP contribution in [0.15, 0.2) is 76.5 Å². The number of aromatic nitrogens is 2. The number of hydrogen-bond donors (Lipinski definition) is 1. The molecular formula is C29H20Cl5N3O5S2. The van der Waals surface area contributed by atoms with Gasteiger partial charge in [-0.25, -0.2) is 17.4 Å². The summed E-state index contributed by atoms with van der Waals surface area (Å²) in [6, 6.07) is 17.2. The van der Waals surface area contributed by atoms with Crippen molar-refractivity contribution in [2.45, 2.75) is 23.1 Å². The van der Waals surface area contributed by atoms with Crippen LogP contribution in [0, 0.1) is 6.92 Å². The summed E-state index contributed by atoms with van der Waals surface area (Å²) in [5, 5.41) is 1.37. The number of ether oxygens (including phenoxy) is 2. The molecule has 0 atom stereocenters. The molecule has 0 bridgehead atoms. The first kappa shape index (κ1) is 32.6. The molecule has 0 aliphatic heterocycles. The van der Waals surface area contributed by atoms with Crippen LogP contribution in [0.25, 0.3) is 11.0 Å². The lowest BCUT2D eigenvalue weighted by Crippen LogP contribution is -2.15. The van der Waals surface area contributed by atoms with Crippen LogP contribution in [-0.4, -0.2) is 30.5 Å². The van der Waals surface area contributed by atoms with Crippen molar-refractivity contribution in [1.82, 2.24) is 8.96 Å². The lowest BCUT2D eigenvalue weighted by molar-refractivity contribution is -0.139. The van der Waals surface area contributed by atoms with E-state index < -0.39 is 16.0 Å². The molecule has 1 N–H and O–H groups in total. The van der Waals surface area contributed by atoms with E-state index in [9.17, 15) is 13.2 Å². The third kappa shape index (κ3) is 6.72. The highest BCUT2D eigenvalue weighted by molar-refractivity contribution is 8.00. The minimum absolute atomic E-state index is 0.0322. The van der Waals surface area contributed by atoms with Gasteiger partial charge in [-0.15, -0.1) is 0 Å². The number of carbonyl (C=O) groups excluding carboxylic acids is 1. The number of rotatable bonds is 9. The first-order valence-corrected chi connectivity index (χ1v) is 16.7. The summed E-state index contributed by atoms with van der Waals surface area (Å²) >= 11 is 32.4. The van der Waals surface area contributed by atoms with E-state index >= 15 is 0 Å².